The summed E-state index contributed by atoms with van der Waals surface area (Å²) >= 11 is 7.43. The van der Waals surface area contributed by atoms with Gasteiger partial charge in [0.25, 0.3) is 11.8 Å². The summed E-state index contributed by atoms with van der Waals surface area (Å²) in [5.41, 5.74) is 0.474. The molecular formula is C17H12ClNO4S. The molecule has 2 aromatic rings. The average molecular weight is 362 g/mol. The number of hydrogen-bond donors (Lipinski definition) is 0. The lowest BCUT2D eigenvalue weighted by Crippen LogP contribution is -2.32. The molecule has 3 rings (SSSR count). The quantitative estimate of drug-likeness (QED) is 0.601. The molecule has 7 heteroatoms. The molecule has 122 valence electrons. The van der Waals surface area contributed by atoms with Crippen LogP contribution in [-0.4, -0.2) is 28.6 Å². The first kappa shape index (κ1) is 16.5. The van der Waals surface area contributed by atoms with Crippen LogP contribution in [-0.2, 0) is 9.63 Å². The van der Waals surface area contributed by atoms with Gasteiger partial charge >= 0.3 is 5.97 Å². The zero-order valence-corrected chi connectivity index (χ0v) is 14.0. The second-order valence-corrected chi connectivity index (χ2v) is 6.49. The molecule has 0 aliphatic carbocycles. The van der Waals surface area contributed by atoms with Crippen molar-refractivity contribution in [3.05, 3.63) is 64.7 Å². The molecule has 1 aliphatic heterocycles. The molecule has 2 aromatic carbocycles. The second kappa shape index (κ2) is 7.07. The normalized spacial score (nSPS) is 13.1. The number of hydroxylamine groups is 2. The highest BCUT2D eigenvalue weighted by Crippen LogP contribution is 2.27. The first-order chi connectivity index (χ1) is 11.6. The lowest BCUT2D eigenvalue weighted by Gasteiger charge is -2.12. The Kier molecular flexibility index (Phi) is 4.87. The Labute approximate surface area is 147 Å². The zero-order chi connectivity index (χ0) is 17.1. The molecule has 0 unspecified atom stereocenters. The number of imide groups is 1. The number of rotatable bonds is 5. The minimum Gasteiger partial charge on any atom is -0.330 e. The largest absolute Gasteiger partial charge is 0.334 e. The Bertz CT molecular complexity index is 789. The molecule has 0 spiro atoms. The third-order valence-corrected chi connectivity index (χ3v) is 4.87. The second-order valence-electron chi connectivity index (χ2n) is 4.94. The van der Waals surface area contributed by atoms with E-state index < -0.39 is 17.8 Å². The van der Waals surface area contributed by atoms with Gasteiger partial charge in [-0.05, 0) is 24.3 Å². The highest BCUT2D eigenvalue weighted by Gasteiger charge is 2.38. The molecule has 2 amide bonds. The summed E-state index contributed by atoms with van der Waals surface area (Å²) < 4.78 is 0. The van der Waals surface area contributed by atoms with E-state index in [0.29, 0.717) is 15.8 Å². The number of thioether (sulfide) groups is 1. The maximum Gasteiger partial charge on any atom is 0.334 e. The van der Waals surface area contributed by atoms with Crippen LogP contribution >= 0.6 is 23.4 Å². The monoisotopic (exact) mass is 361 g/mol. The standard InChI is InChI=1S/C17H12ClNO4S/c18-13-7-3-4-8-14(13)24-10-9-15(20)23-19-16(21)11-5-1-2-6-12(11)17(19)22/h1-8H,9-10H2. The summed E-state index contributed by atoms with van der Waals surface area (Å²) in [5, 5.41) is 1.13. The summed E-state index contributed by atoms with van der Waals surface area (Å²) in [6.45, 7) is 0. The van der Waals surface area contributed by atoms with Crippen LogP contribution in [0.3, 0.4) is 0 Å². The third-order valence-electron chi connectivity index (χ3n) is 3.35. The molecule has 0 aromatic heterocycles. The highest BCUT2D eigenvalue weighted by molar-refractivity contribution is 7.99. The summed E-state index contributed by atoms with van der Waals surface area (Å²) in [6.07, 6.45) is 0.0449. The Balaban J connectivity index is 1.56. The number of halogens is 1. The zero-order valence-electron chi connectivity index (χ0n) is 12.4. The van der Waals surface area contributed by atoms with Gasteiger partial charge in [0.2, 0.25) is 0 Å². The fourth-order valence-electron chi connectivity index (χ4n) is 2.20. The van der Waals surface area contributed by atoms with E-state index in [1.165, 1.54) is 23.9 Å². The Morgan fingerprint density at radius 2 is 1.58 bits per heavy atom. The first-order valence-corrected chi connectivity index (χ1v) is 8.50. The molecule has 24 heavy (non-hydrogen) atoms. The van der Waals surface area contributed by atoms with Crippen molar-refractivity contribution in [2.24, 2.45) is 0 Å². The van der Waals surface area contributed by atoms with Gasteiger partial charge in [-0.2, -0.15) is 0 Å². The van der Waals surface area contributed by atoms with Gasteiger partial charge in [0.15, 0.2) is 0 Å². The van der Waals surface area contributed by atoms with Gasteiger partial charge < -0.3 is 4.84 Å². The van der Waals surface area contributed by atoms with Gasteiger partial charge in [-0.25, -0.2) is 4.79 Å². The number of carbonyl (C=O) groups is 3. The maximum atomic E-state index is 12.1. The van der Waals surface area contributed by atoms with Crippen LogP contribution in [0.25, 0.3) is 0 Å². The van der Waals surface area contributed by atoms with E-state index in [1.54, 1.807) is 18.2 Å². The molecular weight excluding hydrogens is 350 g/mol. The summed E-state index contributed by atoms with van der Waals surface area (Å²) in [5.74, 6) is -1.47. The van der Waals surface area contributed by atoms with Gasteiger partial charge in [0, 0.05) is 10.6 Å². The molecule has 0 saturated carbocycles. The maximum absolute atomic E-state index is 12.1. The number of hydrogen-bond acceptors (Lipinski definition) is 5. The van der Waals surface area contributed by atoms with Crippen molar-refractivity contribution in [3.8, 4) is 0 Å². The number of carbonyl (C=O) groups excluding carboxylic acids is 3. The van der Waals surface area contributed by atoms with Crippen LogP contribution in [0.2, 0.25) is 5.02 Å². The number of benzene rings is 2. The first-order valence-electron chi connectivity index (χ1n) is 7.14. The van der Waals surface area contributed by atoms with Crippen LogP contribution in [0.5, 0.6) is 0 Å². The van der Waals surface area contributed by atoms with E-state index in [-0.39, 0.29) is 17.5 Å². The molecule has 0 radical (unpaired) electrons. The molecule has 0 fully saturated rings. The van der Waals surface area contributed by atoms with Crippen molar-refractivity contribution in [2.45, 2.75) is 11.3 Å². The highest BCUT2D eigenvalue weighted by atomic mass is 35.5. The topological polar surface area (TPSA) is 63.7 Å². The van der Waals surface area contributed by atoms with E-state index >= 15 is 0 Å². The van der Waals surface area contributed by atoms with Gasteiger partial charge in [-0.1, -0.05) is 40.9 Å². The minimum absolute atomic E-state index is 0.0449. The SMILES string of the molecule is O=C(CCSc1ccccc1Cl)ON1C(=O)c2ccccc2C1=O. The Hall–Kier alpha value is -2.31. The van der Waals surface area contributed by atoms with E-state index in [2.05, 4.69) is 0 Å². The summed E-state index contributed by atoms with van der Waals surface area (Å²) in [6, 6.07) is 13.6. The molecule has 1 aliphatic rings. The minimum atomic E-state index is -0.649. The van der Waals surface area contributed by atoms with E-state index in [4.69, 9.17) is 16.4 Å². The molecule has 5 nitrogen and oxygen atoms in total. The number of nitrogens with zero attached hydrogens (tertiary/aromatic N) is 1. The van der Waals surface area contributed by atoms with Gasteiger partial charge in [-0.3, -0.25) is 9.59 Å². The van der Waals surface area contributed by atoms with Crippen molar-refractivity contribution < 1.29 is 19.2 Å². The van der Waals surface area contributed by atoms with E-state index in [9.17, 15) is 14.4 Å². The Morgan fingerprint density at radius 3 is 2.21 bits per heavy atom. The van der Waals surface area contributed by atoms with Gasteiger partial charge in [0.05, 0.1) is 22.6 Å². The fourth-order valence-corrected chi connectivity index (χ4v) is 3.37. The number of fused-ring (bicyclic) bond motifs is 1. The van der Waals surface area contributed by atoms with Crippen LogP contribution < -0.4 is 0 Å². The average Bonchev–Trinajstić information content (AvgIpc) is 2.82. The van der Waals surface area contributed by atoms with Crippen LogP contribution in [0.4, 0.5) is 0 Å². The molecule has 0 bridgehead atoms. The van der Waals surface area contributed by atoms with Gasteiger partial charge in [-0.15, -0.1) is 11.8 Å². The lowest BCUT2D eigenvalue weighted by molar-refractivity contribution is -0.167. The molecule has 1 heterocycles. The van der Waals surface area contributed by atoms with E-state index in [0.717, 1.165) is 4.90 Å². The van der Waals surface area contributed by atoms with Crippen LogP contribution in [0.15, 0.2) is 53.4 Å². The number of amides is 2. The summed E-state index contributed by atoms with van der Waals surface area (Å²) in [7, 11) is 0. The lowest BCUT2D eigenvalue weighted by atomic mass is 10.1. The molecule has 0 N–H and O–H groups in total. The van der Waals surface area contributed by atoms with E-state index in [1.807, 2.05) is 18.2 Å². The molecule has 0 atom stereocenters. The summed E-state index contributed by atoms with van der Waals surface area (Å²) in [4.78, 5) is 41.9. The third kappa shape index (κ3) is 3.29. The van der Waals surface area contributed by atoms with Crippen molar-refractivity contribution in [1.82, 2.24) is 5.06 Å². The Morgan fingerprint density at radius 1 is 1.00 bits per heavy atom. The fraction of sp³-hybridized carbons (Fsp3) is 0.118. The van der Waals surface area contributed by atoms with Crippen LogP contribution in [0.1, 0.15) is 27.1 Å². The smallest absolute Gasteiger partial charge is 0.330 e. The van der Waals surface area contributed by atoms with Crippen molar-refractivity contribution in [3.63, 3.8) is 0 Å². The van der Waals surface area contributed by atoms with Crippen molar-refractivity contribution in [1.29, 1.82) is 0 Å². The van der Waals surface area contributed by atoms with Crippen molar-refractivity contribution in [2.75, 3.05) is 5.75 Å². The predicted octanol–water partition coefficient (Wildman–Crippen LogP) is 3.58. The van der Waals surface area contributed by atoms with Gasteiger partial charge in [0.1, 0.15) is 0 Å². The van der Waals surface area contributed by atoms with Crippen molar-refractivity contribution >= 4 is 41.1 Å². The van der Waals surface area contributed by atoms with Crippen LogP contribution in [0, 0.1) is 0 Å². The molecule has 0 saturated heterocycles. The predicted molar refractivity (Wildman–Crippen MR) is 89.8 cm³/mol.